The van der Waals surface area contributed by atoms with E-state index in [2.05, 4.69) is 21.6 Å². The molecule has 0 saturated heterocycles. The number of rotatable bonds is 4. The van der Waals surface area contributed by atoms with Gasteiger partial charge in [-0.1, -0.05) is 18.2 Å². The highest BCUT2D eigenvalue weighted by Crippen LogP contribution is 2.43. The van der Waals surface area contributed by atoms with Crippen LogP contribution >= 0.6 is 24.0 Å². The van der Waals surface area contributed by atoms with Crippen molar-refractivity contribution in [1.82, 2.24) is 9.78 Å². The van der Waals surface area contributed by atoms with Crippen molar-refractivity contribution in [1.29, 1.82) is 0 Å². The second-order valence-electron chi connectivity index (χ2n) is 7.31. The van der Waals surface area contributed by atoms with Crippen molar-refractivity contribution in [2.45, 2.75) is 24.8 Å². The molecule has 30 heavy (non-hydrogen) atoms. The minimum atomic E-state index is 0. The van der Waals surface area contributed by atoms with E-state index in [9.17, 15) is 0 Å². The zero-order valence-corrected chi connectivity index (χ0v) is 18.7. The Morgan fingerprint density at radius 2 is 1.90 bits per heavy atom. The number of anilines is 1. The Bertz CT molecular complexity index is 1040. The van der Waals surface area contributed by atoms with Crippen molar-refractivity contribution < 1.29 is 9.47 Å². The molecule has 0 amide bonds. The number of nitrogens with two attached hydrogens (primary N) is 1. The molecule has 3 aromatic rings. The smallest absolute Gasteiger partial charge is 0.193 e. The van der Waals surface area contributed by atoms with Gasteiger partial charge in [-0.05, 0) is 36.2 Å². The average molecular weight is 517 g/mol. The number of aromatic nitrogens is 2. The maximum atomic E-state index is 6.14. The van der Waals surface area contributed by atoms with E-state index in [0.717, 1.165) is 35.7 Å². The van der Waals surface area contributed by atoms with Gasteiger partial charge < -0.3 is 20.5 Å². The van der Waals surface area contributed by atoms with Gasteiger partial charge in [-0.15, -0.1) is 24.0 Å². The Morgan fingerprint density at radius 1 is 1.10 bits per heavy atom. The van der Waals surface area contributed by atoms with Crippen LogP contribution in [0.25, 0.3) is 5.69 Å². The number of hydrogen-bond acceptors (Lipinski definition) is 4. The number of benzene rings is 2. The van der Waals surface area contributed by atoms with E-state index in [0.29, 0.717) is 25.1 Å². The molecule has 1 aromatic heterocycles. The maximum absolute atomic E-state index is 6.14. The molecule has 1 aliphatic heterocycles. The molecule has 1 aliphatic carbocycles. The number of fused-ring (bicyclic) bond motifs is 1. The predicted molar refractivity (Wildman–Crippen MR) is 127 cm³/mol. The standard InChI is InChI=1S/C22H23N5O2.HI/c23-22(25-16-7-8-20-21(11-16)29-10-4-9-28-20)26-19-12-18(19)15-13-24-27(14-15)17-5-2-1-3-6-17;/h1-3,5-8,11,13-14,18-19H,4,9-10,12H2,(H3,23,25,26);1H/t18-,19+;/m0./s1. The molecule has 1 saturated carbocycles. The average Bonchev–Trinajstić information content (AvgIpc) is 3.39. The number of ether oxygens (including phenoxy) is 2. The summed E-state index contributed by atoms with van der Waals surface area (Å²) >= 11 is 0. The van der Waals surface area contributed by atoms with Crippen LogP contribution in [0.2, 0.25) is 0 Å². The summed E-state index contributed by atoms with van der Waals surface area (Å²) < 4.78 is 13.3. The molecule has 8 heteroatoms. The molecule has 0 bridgehead atoms. The first-order chi connectivity index (χ1) is 14.3. The summed E-state index contributed by atoms with van der Waals surface area (Å²) in [5, 5.41) is 7.63. The molecular formula is C22H24IN5O2. The van der Waals surface area contributed by atoms with Crippen LogP contribution in [0.1, 0.15) is 24.3 Å². The highest BCUT2D eigenvalue weighted by Gasteiger charge is 2.39. The quantitative estimate of drug-likeness (QED) is 0.311. The van der Waals surface area contributed by atoms with Gasteiger partial charge >= 0.3 is 0 Å². The van der Waals surface area contributed by atoms with E-state index >= 15 is 0 Å². The number of guanidine groups is 1. The molecule has 2 aliphatic rings. The normalized spacial score (nSPS) is 20.1. The molecule has 156 valence electrons. The highest BCUT2D eigenvalue weighted by atomic mass is 127. The van der Waals surface area contributed by atoms with Crippen LogP contribution in [0.15, 0.2) is 65.9 Å². The maximum Gasteiger partial charge on any atom is 0.193 e. The SMILES string of the molecule is I.NC(=N[C@@H]1C[C@H]1c1cnn(-c2ccccc2)c1)Nc1ccc2c(c1)OCCCO2. The summed E-state index contributed by atoms with van der Waals surface area (Å²) in [6, 6.07) is 16.0. The zero-order valence-electron chi connectivity index (χ0n) is 16.4. The summed E-state index contributed by atoms with van der Waals surface area (Å²) in [5.74, 6) is 2.26. The molecule has 2 heterocycles. The van der Waals surface area contributed by atoms with Gasteiger partial charge in [0.2, 0.25) is 0 Å². The fraction of sp³-hybridized carbons (Fsp3) is 0.273. The molecule has 7 nitrogen and oxygen atoms in total. The summed E-state index contributed by atoms with van der Waals surface area (Å²) in [7, 11) is 0. The molecular weight excluding hydrogens is 493 g/mol. The van der Waals surface area contributed by atoms with E-state index in [-0.39, 0.29) is 30.0 Å². The molecule has 1 fully saturated rings. The number of para-hydroxylation sites is 1. The molecule has 0 radical (unpaired) electrons. The fourth-order valence-electron chi connectivity index (χ4n) is 3.53. The van der Waals surface area contributed by atoms with E-state index < -0.39 is 0 Å². The number of halogens is 1. The first-order valence-corrected chi connectivity index (χ1v) is 9.86. The lowest BCUT2D eigenvalue weighted by molar-refractivity contribution is 0.297. The molecule has 2 aromatic carbocycles. The largest absolute Gasteiger partial charge is 0.490 e. The number of hydrogen-bond donors (Lipinski definition) is 2. The second-order valence-corrected chi connectivity index (χ2v) is 7.31. The second kappa shape index (κ2) is 8.95. The van der Waals surface area contributed by atoms with Gasteiger partial charge in [0.1, 0.15) is 0 Å². The first-order valence-electron chi connectivity index (χ1n) is 9.86. The van der Waals surface area contributed by atoms with Gasteiger partial charge in [-0.3, -0.25) is 0 Å². The minimum Gasteiger partial charge on any atom is -0.490 e. The Hall–Kier alpha value is -2.75. The molecule has 0 unspecified atom stereocenters. The van der Waals surface area contributed by atoms with Crippen LogP contribution in [0, 0.1) is 0 Å². The zero-order chi connectivity index (χ0) is 19.6. The number of nitrogens with one attached hydrogen (secondary N) is 1. The Labute approximate surface area is 192 Å². The predicted octanol–water partition coefficient (Wildman–Crippen LogP) is 3.93. The number of nitrogens with zero attached hydrogens (tertiary/aromatic N) is 3. The van der Waals surface area contributed by atoms with Crippen LogP contribution < -0.4 is 20.5 Å². The highest BCUT2D eigenvalue weighted by molar-refractivity contribution is 14.0. The topological polar surface area (TPSA) is 86.7 Å². The molecule has 0 spiro atoms. The van der Waals surface area contributed by atoms with Gasteiger partial charge in [0.05, 0.1) is 31.1 Å². The monoisotopic (exact) mass is 517 g/mol. The third kappa shape index (κ3) is 4.53. The lowest BCUT2D eigenvalue weighted by Crippen LogP contribution is -2.23. The van der Waals surface area contributed by atoms with Gasteiger partial charge in [-0.25, -0.2) is 9.67 Å². The van der Waals surface area contributed by atoms with Crippen LogP contribution in [0.3, 0.4) is 0 Å². The Kier molecular flexibility index (Phi) is 6.12. The summed E-state index contributed by atoms with van der Waals surface area (Å²) in [6.45, 7) is 1.33. The van der Waals surface area contributed by atoms with Gasteiger partial charge in [0.25, 0.3) is 0 Å². The van der Waals surface area contributed by atoms with Crippen molar-refractivity contribution in [3.05, 3.63) is 66.5 Å². The third-order valence-corrected chi connectivity index (χ3v) is 5.13. The molecule has 2 atom stereocenters. The Morgan fingerprint density at radius 3 is 2.73 bits per heavy atom. The van der Waals surface area contributed by atoms with E-state index in [1.54, 1.807) is 0 Å². The van der Waals surface area contributed by atoms with Crippen molar-refractivity contribution in [3.63, 3.8) is 0 Å². The van der Waals surface area contributed by atoms with Crippen LogP contribution in [-0.2, 0) is 0 Å². The summed E-state index contributed by atoms with van der Waals surface area (Å²) in [4.78, 5) is 4.63. The lowest BCUT2D eigenvalue weighted by Gasteiger charge is -2.10. The first kappa shape index (κ1) is 20.5. The third-order valence-electron chi connectivity index (χ3n) is 5.13. The van der Waals surface area contributed by atoms with Crippen molar-refractivity contribution >= 4 is 35.6 Å². The van der Waals surface area contributed by atoms with Crippen molar-refractivity contribution in [2.75, 3.05) is 18.5 Å². The van der Waals surface area contributed by atoms with E-state index in [4.69, 9.17) is 15.2 Å². The van der Waals surface area contributed by atoms with Crippen molar-refractivity contribution in [2.24, 2.45) is 10.7 Å². The van der Waals surface area contributed by atoms with Gasteiger partial charge in [0, 0.05) is 30.3 Å². The van der Waals surface area contributed by atoms with Crippen LogP contribution in [0.5, 0.6) is 11.5 Å². The van der Waals surface area contributed by atoms with Crippen LogP contribution in [-0.4, -0.2) is 35.0 Å². The van der Waals surface area contributed by atoms with E-state index in [1.807, 2.05) is 59.4 Å². The van der Waals surface area contributed by atoms with Gasteiger partial charge in [-0.2, -0.15) is 5.10 Å². The van der Waals surface area contributed by atoms with Crippen molar-refractivity contribution in [3.8, 4) is 17.2 Å². The molecule has 5 rings (SSSR count). The summed E-state index contributed by atoms with van der Waals surface area (Å²) in [6.07, 6.45) is 5.85. The fourth-order valence-corrected chi connectivity index (χ4v) is 3.53. The van der Waals surface area contributed by atoms with E-state index in [1.165, 1.54) is 5.56 Å². The minimum absolute atomic E-state index is 0. The Balaban J connectivity index is 0.00000218. The molecule has 3 N–H and O–H groups in total. The number of aliphatic imine (C=N–C) groups is 1. The van der Waals surface area contributed by atoms with Gasteiger partial charge in [0.15, 0.2) is 17.5 Å². The van der Waals surface area contributed by atoms with Crippen LogP contribution in [0.4, 0.5) is 5.69 Å². The lowest BCUT2D eigenvalue weighted by atomic mass is 10.2. The summed E-state index contributed by atoms with van der Waals surface area (Å²) in [5.41, 5.74) is 9.21.